The number of sulfonamides is 1. The van der Waals surface area contributed by atoms with Gasteiger partial charge in [0, 0.05) is 26.3 Å². The van der Waals surface area contributed by atoms with Gasteiger partial charge in [-0.1, -0.05) is 27.7 Å². The van der Waals surface area contributed by atoms with Gasteiger partial charge in [-0.3, -0.25) is 4.68 Å². The maximum atomic E-state index is 12.4. The van der Waals surface area contributed by atoms with Gasteiger partial charge < -0.3 is 5.73 Å². The fraction of sp³-hybridized carbons (Fsp3) is 0.750. The predicted octanol–water partition coefficient (Wildman–Crippen LogP) is 1.54. The van der Waals surface area contributed by atoms with Crippen LogP contribution in [0.5, 0.6) is 0 Å². The van der Waals surface area contributed by atoms with Gasteiger partial charge in [-0.2, -0.15) is 5.10 Å². The molecule has 0 fully saturated rings. The van der Waals surface area contributed by atoms with E-state index in [2.05, 4.69) is 5.10 Å². The average molecular weight is 288 g/mol. The molecule has 1 heterocycles. The summed E-state index contributed by atoms with van der Waals surface area (Å²) >= 11 is 0. The second kappa shape index (κ2) is 5.50. The van der Waals surface area contributed by atoms with E-state index in [1.54, 1.807) is 11.7 Å². The van der Waals surface area contributed by atoms with Crippen molar-refractivity contribution in [3.05, 3.63) is 6.20 Å². The normalized spacial score (nSPS) is 13.2. The number of hydrogen-bond donors (Lipinski definition) is 1. The third kappa shape index (κ3) is 3.94. The highest BCUT2D eigenvalue weighted by atomic mass is 32.2. The molecule has 0 saturated heterocycles. The molecular weight excluding hydrogens is 264 g/mol. The minimum atomic E-state index is -3.58. The van der Waals surface area contributed by atoms with Gasteiger partial charge in [0.15, 0.2) is 5.82 Å². The van der Waals surface area contributed by atoms with E-state index in [4.69, 9.17) is 5.73 Å². The maximum absolute atomic E-state index is 12.4. The lowest BCUT2D eigenvalue weighted by atomic mass is 9.97. The molecule has 1 rings (SSSR count). The zero-order valence-corrected chi connectivity index (χ0v) is 13.2. The largest absolute Gasteiger partial charge is 0.381 e. The molecule has 1 aromatic heterocycles. The molecule has 0 bridgehead atoms. The second-order valence-electron chi connectivity index (χ2n) is 5.96. The lowest BCUT2D eigenvalue weighted by Gasteiger charge is -2.25. The van der Waals surface area contributed by atoms with Gasteiger partial charge >= 0.3 is 0 Å². The molecule has 1 aromatic rings. The molecule has 0 saturated carbocycles. The molecule has 110 valence electrons. The van der Waals surface area contributed by atoms with E-state index in [1.807, 2.05) is 27.7 Å². The van der Waals surface area contributed by atoms with Crippen LogP contribution in [-0.2, 0) is 16.6 Å². The van der Waals surface area contributed by atoms with Crippen molar-refractivity contribution < 1.29 is 8.42 Å². The maximum Gasteiger partial charge on any atom is 0.248 e. The van der Waals surface area contributed by atoms with E-state index >= 15 is 0 Å². The van der Waals surface area contributed by atoms with Crippen LogP contribution in [0.4, 0.5) is 5.82 Å². The summed E-state index contributed by atoms with van der Waals surface area (Å²) in [6, 6.07) is 0. The summed E-state index contributed by atoms with van der Waals surface area (Å²) in [6.45, 7) is 9.04. The fourth-order valence-corrected chi connectivity index (χ4v) is 3.33. The fourth-order valence-electron chi connectivity index (χ4n) is 1.88. The summed E-state index contributed by atoms with van der Waals surface area (Å²) in [4.78, 5) is 0.0905. The first-order chi connectivity index (χ1) is 8.58. The number of hydrogen-bond acceptors (Lipinski definition) is 4. The summed E-state index contributed by atoms with van der Waals surface area (Å²) in [5, 5.41) is 4.03. The Kier molecular flexibility index (Phi) is 4.63. The molecule has 0 unspecified atom stereocenters. The van der Waals surface area contributed by atoms with E-state index in [0.717, 1.165) is 6.42 Å². The highest BCUT2D eigenvalue weighted by molar-refractivity contribution is 7.89. The SMILES string of the molecule is CCCn1cc(S(=O)(=O)N(C)CC(C)(C)C)c(N)n1. The van der Waals surface area contributed by atoms with E-state index < -0.39 is 10.0 Å². The third-order valence-corrected chi connectivity index (χ3v) is 4.41. The van der Waals surface area contributed by atoms with Crippen molar-refractivity contribution in [2.75, 3.05) is 19.3 Å². The van der Waals surface area contributed by atoms with Crippen LogP contribution in [0.25, 0.3) is 0 Å². The molecule has 7 heteroatoms. The van der Waals surface area contributed by atoms with Gasteiger partial charge in [0.1, 0.15) is 4.90 Å². The monoisotopic (exact) mass is 288 g/mol. The van der Waals surface area contributed by atoms with Crippen molar-refractivity contribution in [2.45, 2.75) is 45.6 Å². The van der Waals surface area contributed by atoms with Gasteiger partial charge in [-0.05, 0) is 11.8 Å². The molecule has 0 spiro atoms. The van der Waals surface area contributed by atoms with Gasteiger partial charge in [0.2, 0.25) is 10.0 Å². The summed E-state index contributed by atoms with van der Waals surface area (Å²) in [7, 11) is -2.01. The third-order valence-electron chi connectivity index (χ3n) is 2.59. The van der Waals surface area contributed by atoms with Crippen molar-refractivity contribution in [1.29, 1.82) is 0 Å². The quantitative estimate of drug-likeness (QED) is 0.891. The molecule has 0 aliphatic rings. The van der Waals surface area contributed by atoms with Crippen LogP contribution in [0.2, 0.25) is 0 Å². The first kappa shape index (κ1) is 16.0. The van der Waals surface area contributed by atoms with Crippen LogP contribution in [0.3, 0.4) is 0 Å². The second-order valence-corrected chi connectivity index (χ2v) is 7.98. The minimum absolute atomic E-state index is 0.0641. The number of nitrogens with zero attached hydrogens (tertiary/aromatic N) is 3. The Balaban J connectivity index is 3.06. The van der Waals surface area contributed by atoms with E-state index in [9.17, 15) is 8.42 Å². The molecule has 0 radical (unpaired) electrons. The van der Waals surface area contributed by atoms with Crippen molar-refractivity contribution in [3.8, 4) is 0 Å². The Labute approximate surface area is 115 Å². The molecule has 0 aliphatic heterocycles. The van der Waals surface area contributed by atoms with Crippen molar-refractivity contribution >= 4 is 15.8 Å². The summed E-state index contributed by atoms with van der Waals surface area (Å²) < 4.78 is 27.8. The Morgan fingerprint density at radius 1 is 1.42 bits per heavy atom. The lowest BCUT2D eigenvalue weighted by Crippen LogP contribution is -2.34. The summed E-state index contributed by atoms with van der Waals surface area (Å²) in [6.07, 6.45) is 2.38. The standard InChI is InChI=1S/C12H24N4O2S/c1-6-7-16-8-10(11(13)14-16)19(17,18)15(5)9-12(2,3)4/h8H,6-7,9H2,1-5H3,(H2,13,14). The van der Waals surface area contributed by atoms with Crippen molar-refractivity contribution in [2.24, 2.45) is 5.41 Å². The average Bonchev–Trinajstić information content (AvgIpc) is 2.58. The number of aromatic nitrogens is 2. The number of anilines is 1. The van der Waals surface area contributed by atoms with Gasteiger partial charge in [0.25, 0.3) is 0 Å². The smallest absolute Gasteiger partial charge is 0.248 e. The number of aryl methyl sites for hydroxylation is 1. The van der Waals surface area contributed by atoms with Crippen LogP contribution >= 0.6 is 0 Å². The van der Waals surface area contributed by atoms with Crippen LogP contribution < -0.4 is 5.73 Å². The molecule has 0 aliphatic carbocycles. The van der Waals surface area contributed by atoms with E-state index in [0.29, 0.717) is 13.1 Å². The highest BCUT2D eigenvalue weighted by Gasteiger charge is 2.28. The molecule has 19 heavy (non-hydrogen) atoms. The molecule has 0 aromatic carbocycles. The van der Waals surface area contributed by atoms with Gasteiger partial charge in [-0.15, -0.1) is 0 Å². The zero-order chi connectivity index (χ0) is 14.8. The Bertz CT molecular complexity index is 528. The summed E-state index contributed by atoms with van der Waals surface area (Å²) in [5.74, 6) is 0.0641. The predicted molar refractivity (Wildman–Crippen MR) is 76.2 cm³/mol. The lowest BCUT2D eigenvalue weighted by molar-refractivity contribution is 0.311. The minimum Gasteiger partial charge on any atom is -0.381 e. The molecule has 2 N–H and O–H groups in total. The van der Waals surface area contributed by atoms with Gasteiger partial charge in [-0.25, -0.2) is 12.7 Å². The number of nitrogens with two attached hydrogens (primary N) is 1. The van der Waals surface area contributed by atoms with Crippen LogP contribution in [-0.4, -0.2) is 36.1 Å². The van der Waals surface area contributed by atoms with E-state index in [-0.39, 0.29) is 16.1 Å². The summed E-state index contributed by atoms with van der Waals surface area (Å²) in [5.41, 5.74) is 5.61. The Morgan fingerprint density at radius 3 is 2.47 bits per heavy atom. The van der Waals surface area contributed by atoms with Crippen LogP contribution in [0.1, 0.15) is 34.1 Å². The van der Waals surface area contributed by atoms with Crippen molar-refractivity contribution in [3.63, 3.8) is 0 Å². The number of nitrogen functional groups attached to an aromatic ring is 1. The first-order valence-corrected chi connectivity index (χ1v) is 7.81. The highest BCUT2D eigenvalue weighted by Crippen LogP contribution is 2.24. The zero-order valence-electron chi connectivity index (χ0n) is 12.3. The Morgan fingerprint density at radius 2 is 2.00 bits per heavy atom. The topological polar surface area (TPSA) is 81.2 Å². The van der Waals surface area contributed by atoms with Gasteiger partial charge in [0.05, 0.1) is 0 Å². The number of rotatable bonds is 5. The Hall–Kier alpha value is -1.08. The molecule has 6 nitrogen and oxygen atoms in total. The molecule has 0 amide bonds. The van der Waals surface area contributed by atoms with E-state index in [1.165, 1.54) is 10.5 Å². The van der Waals surface area contributed by atoms with Crippen molar-refractivity contribution in [1.82, 2.24) is 14.1 Å². The van der Waals surface area contributed by atoms with Crippen LogP contribution in [0, 0.1) is 5.41 Å². The molecule has 0 atom stereocenters. The molecular formula is C12H24N4O2S. The van der Waals surface area contributed by atoms with Crippen LogP contribution in [0.15, 0.2) is 11.1 Å². The first-order valence-electron chi connectivity index (χ1n) is 6.37.